The largest absolute Gasteiger partial charge is 0.460 e. The summed E-state index contributed by atoms with van der Waals surface area (Å²) < 4.78 is 6.75. The van der Waals surface area contributed by atoms with Crippen LogP contribution >= 0.6 is 11.3 Å². The van der Waals surface area contributed by atoms with Crippen molar-refractivity contribution in [3.05, 3.63) is 70.9 Å². The van der Waals surface area contributed by atoms with Gasteiger partial charge in [-0.05, 0) is 42.7 Å². The second kappa shape index (κ2) is 7.59. The Balaban J connectivity index is 1.78. The van der Waals surface area contributed by atoms with Crippen LogP contribution in [0, 0.1) is 0 Å². The van der Waals surface area contributed by atoms with Gasteiger partial charge in [0.05, 0.1) is 6.10 Å². The van der Waals surface area contributed by atoms with Crippen LogP contribution in [0.4, 0.5) is 0 Å². The van der Waals surface area contributed by atoms with Crippen LogP contribution in [0.15, 0.2) is 59.9 Å². The standard InChI is InChI=1S/C20H18O4S/c1-2-19(22)24-12-14(21)9-7-13-8-10-18-16(11-13)20(23)15-5-3-4-6-17(15)25-18/h2-6,8,10-11,14,21H,1,7,9,12H2. The van der Waals surface area contributed by atoms with E-state index in [2.05, 4.69) is 6.58 Å². The second-order valence-corrected chi connectivity index (χ2v) is 6.87. The van der Waals surface area contributed by atoms with Crippen molar-refractivity contribution >= 4 is 37.5 Å². The van der Waals surface area contributed by atoms with Crippen molar-refractivity contribution in [1.82, 2.24) is 0 Å². The van der Waals surface area contributed by atoms with Gasteiger partial charge < -0.3 is 9.84 Å². The van der Waals surface area contributed by atoms with Crippen LogP contribution in [0.1, 0.15) is 12.0 Å². The highest BCUT2D eigenvalue weighted by Gasteiger charge is 2.10. The second-order valence-electron chi connectivity index (χ2n) is 5.78. The molecule has 1 unspecified atom stereocenters. The smallest absolute Gasteiger partial charge is 0.330 e. The molecule has 25 heavy (non-hydrogen) atoms. The molecule has 0 aliphatic carbocycles. The third kappa shape index (κ3) is 3.95. The molecule has 0 spiro atoms. The van der Waals surface area contributed by atoms with Gasteiger partial charge in [-0.25, -0.2) is 4.79 Å². The molecule has 0 aliphatic rings. The first kappa shape index (κ1) is 17.3. The van der Waals surface area contributed by atoms with Crippen LogP contribution in [0.3, 0.4) is 0 Å². The fraction of sp³-hybridized carbons (Fsp3) is 0.200. The van der Waals surface area contributed by atoms with Crippen molar-refractivity contribution in [2.45, 2.75) is 18.9 Å². The highest BCUT2D eigenvalue weighted by molar-refractivity contribution is 7.24. The number of benzene rings is 2. The van der Waals surface area contributed by atoms with Gasteiger partial charge >= 0.3 is 5.97 Å². The van der Waals surface area contributed by atoms with Crippen molar-refractivity contribution < 1.29 is 14.6 Å². The molecule has 1 heterocycles. The molecule has 0 radical (unpaired) electrons. The Morgan fingerprint density at radius 1 is 1.20 bits per heavy atom. The Hall–Kier alpha value is -2.50. The number of aryl methyl sites for hydroxylation is 1. The number of fused-ring (bicyclic) bond motifs is 2. The van der Waals surface area contributed by atoms with Crippen LogP contribution in [-0.2, 0) is 16.0 Å². The van der Waals surface area contributed by atoms with E-state index in [0.29, 0.717) is 18.2 Å². The van der Waals surface area contributed by atoms with E-state index < -0.39 is 12.1 Å². The molecule has 1 aromatic heterocycles. The Morgan fingerprint density at radius 3 is 2.76 bits per heavy atom. The maximum Gasteiger partial charge on any atom is 0.330 e. The average molecular weight is 354 g/mol. The van der Waals surface area contributed by atoms with Gasteiger partial charge in [0.1, 0.15) is 6.61 Å². The van der Waals surface area contributed by atoms with Gasteiger partial charge in [-0.3, -0.25) is 4.79 Å². The topological polar surface area (TPSA) is 63.6 Å². The van der Waals surface area contributed by atoms with Gasteiger partial charge in [0.15, 0.2) is 5.43 Å². The van der Waals surface area contributed by atoms with E-state index in [1.807, 2.05) is 42.5 Å². The maximum absolute atomic E-state index is 12.7. The molecule has 0 aliphatic heterocycles. The predicted molar refractivity (Wildman–Crippen MR) is 101 cm³/mol. The molecule has 0 bridgehead atoms. The summed E-state index contributed by atoms with van der Waals surface area (Å²) in [6, 6.07) is 13.4. The zero-order chi connectivity index (χ0) is 17.8. The van der Waals surface area contributed by atoms with Gasteiger partial charge in [0.2, 0.25) is 0 Å². The van der Waals surface area contributed by atoms with E-state index in [0.717, 1.165) is 26.4 Å². The van der Waals surface area contributed by atoms with E-state index in [9.17, 15) is 14.7 Å². The highest BCUT2D eigenvalue weighted by Crippen LogP contribution is 2.25. The van der Waals surface area contributed by atoms with E-state index in [4.69, 9.17) is 4.74 Å². The number of carbonyl (C=O) groups is 1. The normalized spacial score (nSPS) is 12.2. The fourth-order valence-electron chi connectivity index (χ4n) is 2.66. The molecule has 0 saturated carbocycles. The fourth-order valence-corrected chi connectivity index (χ4v) is 3.71. The lowest BCUT2D eigenvalue weighted by Gasteiger charge is -2.10. The summed E-state index contributed by atoms with van der Waals surface area (Å²) in [7, 11) is 0. The van der Waals surface area contributed by atoms with Crippen molar-refractivity contribution in [1.29, 1.82) is 0 Å². The molecular weight excluding hydrogens is 336 g/mol. The summed E-state index contributed by atoms with van der Waals surface area (Å²) in [5, 5.41) is 11.3. The maximum atomic E-state index is 12.7. The van der Waals surface area contributed by atoms with Crippen molar-refractivity contribution in [3.63, 3.8) is 0 Å². The zero-order valence-electron chi connectivity index (χ0n) is 13.6. The Morgan fingerprint density at radius 2 is 1.96 bits per heavy atom. The number of ether oxygens (including phenoxy) is 1. The van der Waals surface area contributed by atoms with E-state index in [1.54, 1.807) is 11.3 Å². The number of hydrogen-bond donors (Lipinski definition) is 1. The van der Waals surface area contributed by atoms with Gasteiger partial charge in [0, 0.05) is 26.2 Å². The van der Waals surface area contributed by atoms with Crippen molar-refractivity contribution in [2.75, 3.05) is 6.61 Å². The molecule has 3 rings (SSSR count). The minimum atomic E-state index is -0.745. The number of hydrogen-bond acceptors (Lipinski definition) is 5. The van der Waals surface area contributed by atoms with E-state index in [-0.39, 0.29) is 12.0 Å². The third-order valence-corrected chi connectivity index (χ3v) is 5.14. The number of aliphatic hydroxyl groups is 1. The van der Waals surface area contributed by atoms with Crippen LogP contribution in [-0.4, -0.2) is 23.8 Å². The number of carbonyl (C=O) groups excluding carboxylic acids is 1. The summed E-state index contributed by atoms with van der Waals surface area (Å²) in [4.78, 5) is 23.7. The van der Waals surface area contributed by atoms with Crippen LogP contribution in [0.25, 0.3) is 20.2 Å². The third-order valence-electron chi connectivity index (χ3n) is 3.99. The van der Waals surface area contributed by atoms with Gasteiger partial charge in [-0.1, -0.05) is 24.8 Å². The lowest BCUT2D eigenvalue weighted by atomic mass is 10.0. The van der Waals surface area contributed by atoms with Crippen molar-refractivity contribution in [2.24, 2.45) is 0 Å². The van der Waals surface area contributed by atoms with Gasteiger partial charge in [0.25, 0.3) is 0 Å². The lowest BCUT2D eigenvalue weighted by Crippen LogP contribution is -2.18. The Kier molecular flexibility index (Phi) is 5.26. The number of aliphatic hydroxyl groups excluding tert-OH is 1. The summed E-state index contributed by atoms with van der Waals surface area (Å²) in [6.07, 6.45) is 1.36. The van der Waals surface area contributed by atoms with E-state index in [1.165, 1.54) is 0 Å². The molecular formula is C20H18O4S. The van der Waals surface area contributed by atoms with Crippen LogP contribution < -0.4 is 5.43 Å². The molecule has 128 valence electrons. The Labute approximate surface area is 149 Å². The molecule has 4 nitrogen and oxygen atoms in total. The molecule has 2 aromatic carbocycles. The molecule has 0 amide bonds. The SMILES string of the molecule is C=CC(=O)OCC(O)CCc1ccc2sc3ccccc3c(=O)c2c1. The minimum absolute atomic E-state index is 0.0339. The molecule has 3 aromatic rings. The van der Waals surface area contributed by atoms with E-state index >= 15 is 0 Å². The molecule has 5 heteroatoms. The lowest BCUT2D eigenvalue weighted by molar-refractivity contribution is -0.140. The van der Waals surface area contributed by atoms with Gasteiger partial charge in [-0.15, -0.1) is 11.3 Å². The summed E-state index contributed by atoms with van der Waals surface area (Å²) in [5.41, 5.74) is 1.01. The molecule has 0 fully saturated rings. The first-order valence-corrected chi connectivity index (χ1v) is 8.82. The monoisotopic (exact) mass is 354 g/mol. The summed E-state index contributed by atoms with van der Waals surface area (Å²) in [5.74, 6) is -0.547. The highest BCUT2D eigenvalue weighted by atomic mass is 32.1. The predicted octanol–water partition coefficient (Wildman–Crippen LogP) is 3.44. The first-order valence-electron chi connectivity index (χ1n) is 8.00. The summed E-state index contributed by atoms with van der Waals surface area (Å²) in [6.45, 7) is 3.25. The zero-order valence-corrected chi connectivity index (χ0v) is 14.4. The molecule has 1 N–H and O–H groups in total. The summed E-state index contributed by atoms with van der Waals surface area (Å²) >= 11 is 1.60. The minimum Gasteiger partial charge on any atom is -0.460 e. The first-order chi connectivity index (χ1) is 12.1. The average Bonchev–Trinajstić information content (AvgIpc) is 2.64. The van der Waals surface area contributed by atoms with Gasteiger partial charge in [-0.2, -0.15) is 0 Å². The number of esters is 1. The molecule has 1 atom stereocenters. The van der Waals surface area contributed by atoms with Crippen LogP contribution in [0.2, 0.25) is 0 Å². The number of rotatable bonds is 6. The quantitative estimate of drug-likeness (QED) is 0.418. The Bertz CT molecular complexity index is 990. The van der Waals surface area contributed by atoms with Crippen LogP contribution in [0.5, 0.6) is 0 Å². The molecule has 0 saturated heterocycles. The van der Waals surface area contributed by atoms with Crippen molar-refractivity contribution in [3.8, 4) is 0 Å².